The van der Waals surface area contributed by atoms with Crippen molar-refractivity contribution < 1.29 is 4.74 Å². The zero-order chi connectivity index (χ0) is 15.2. The molecule has 0 aromatic carbocycles. The van der Waals surface area contributed by atoms with Gasteiger partial charge in [-0.15, -0.1) is 0 Å². The lowest BCUT2D eigenvalue weighted by molar-refractivity contribution is 0.199. The molecule has 0 spiro atoms. The molecule has 0 aliphatic carbocycles. The summed E-state index contributed by atoms with van der Waals surface area (Å²) in [5.41, 5.74) is 5.61. The van der Waals surface area contributed by atoms with Gasteiger partial charge < -0.3 is 10.1 Å². The number of hydrogen-bond donors (Lipinski definition) is 1. The molecular formula is C16H24N4O. The summed E-state index contributed by atoms with van der Waals surface area (Å²) in [6.45, 7) is 9.29. The summed E-state index contributed by atoms with van der Waals surface area (Å²) >= 11 is 0. The largest absolute Gasteiger partial charge is 0.383 e. The van der Waals surface area contributed by atoms with E-state index in [1.54, 1.807) is 7.11 Å². The van der Waals surface area contributed by atoms with Gasteiger partial charge in [-0.2, -0.15) is 5.10 Å². The Hall–Kier alpha value is -1.72. The van der Waals surface area contributed by atoms with Gasteiger partial charge in [-0.1, -0.05) is 6.07 Å². The van der Waals surface area contributed by atoms with Crippen LogP contribution in [0.15, 0.2) is 18.2 Å². The highest BCUT2D eigenvalue weighted by molar-refractivity contribution is 5.25. The van der Waals surface area contributed by atoms with Gasteiger partial charge in [-0.25, -0.2) is 0 Å². The summed E-state index contributed by atoms with van der Waals surface area (Å²) in [6, 6.07) is 6.09. The van der Waals surface area contributed by atoms with Crippen molar-refractivity contribution in [2.45, 2.75) is 33.9 Å². The second kappa shape index (κ2) is 7.33. The summed E-state index contributed by atoms with van der Waals surface area (Å²) in [5, 5.41) is 8.02. The van der Waals surface area contributed by atoms with Crippen LogP contribution in [0, 0.1) is 20.8 Å². The Kier molecular flexibility index (Phi) is 5.47. The van der Waals surface area contributed by atoms with Crippen molar-refractivity contribution in [2.75, 3.05) is 20.3 Å². The molecule has 5 heteroatoms. The van der Waals surface area contributed by atoms with E-state index >= 15 is 0 Å². The standard InChI is InChI=1S/C16H24N4O/c1-12-6-5-7-15(18-12)11-20-14(3)16(13(2)19-20)10-17-8-9-21-4/h5-7,17H,8-11H2,1-4H3. The maximum atomic E-state index is 5.04. The van der Waals surface area contributed by atoms with Crippen LogP contribution in [0.3, 0.4) is 0 Å². The average Bonchev–Trinajstić information content (AvgIpc) is 2.70. The monoisotopic (exact) mass is 288 g/mol. The molecule has 0 amide bonds. The van der Waals surface area contributed by atoms with E-state index in [0.29, 0.717) is 6.54 Å². The Balaban J connectivity index is 2.07. The fourth-order valence-corrected chi connectivity index (χ4v) is 2.37. The Bertz CT molecular complexity index is 592. The first-order chi connectivity index (χ1) is 10.1. The van der Waals surface area contributed by atoms with E-state index in [2.05, 4.69) is 29.2 Å². The number of nitrogens with zero attached hydrogens (tertiary/aromatic N) is 3. The van der Waals surface area contributed by atoms with Crippen molar-refractivity contribution >= 4 is 0 Å². The third-order valence-electron chi connectivity index (χ3n) is 3.57. The molecule has 0 aliphatic heterocycles. The van der Waals surface area contributed by atoms with Crippen molar-refractivity contribution in [1.29, 1.82) is 0 Å². The summed E-state index contributed by atoms with van der Waals surface area (Å²) in [4.78, 5) is 4.54. The maximum Gasteiger partial charge on any atom is 0.0834 e. The molecule has 0 saturated heterocycles. The number of aryl methyl sites for hydroxylation is 2. The van der Waals surface area contributed by atoms with Crippen LogP contribution in [-0.2, 0) is 17.8 Å². The first-order valence-electron chi connectivity index (χ1n) is 7.27. The fraction of sp³-hybridized carbons (Fsp3) is 0.500. The summed E-state index contributed by atoms with van der Waals surface area (Å²) in [7, 11) is 1.71. The lowest BCUT2D eigenvalue weighted by atomic mass is 10.2. The quantitative estimate of drug-likeness (QED) is 0.792. The zero-order valence-electron chi connectivity index (χ0n) is 13.3. The highest BCUT2D eigenvalue weighted by Gasteiger charge is 2.11. The van der Waals surface area contributed by atoms with Crippen LogP contribution in [-0.4, -0.2) is 35.0 Å². The van der Waals surface area contributed by atoms with Gasteiger partial charge in [0.05, 0.1) is 24.5 Å². The molecule has 1 N–H and O–H groups in total. The number of hydrogen-bond acceptors (Lipinski definition) is 4. The highest BCUT2D eigenvalue weighted by atomic mass is 16.5. The van der Waals surface area contributed by atoms with Gasteiger partial charge in [0.1, 0.15) is 0 Å². The van der Waals surface area contributed by atoms with Crippen LogP contribution in [0.1, 0.15) is 28.3 Å². The van der Waals surface area contributed by atoms with E-state index < -0.39 is 0 Å². The number of methoxy groups -OCH3 is 1. The molecule has 2 aromatic heterocycles. The number of aromatic nitrogens is 3. The van der Waals surface area contributed by atoms with Crippen LogP contribution >= 0.6 is 0 Å². The number of rotatable bonds is 7. The predicted molar refractivity (Wildman–Crippen MR) is 83.4 cm³/mol. The van der Waals surface area contributed by atoms with Crippen molar-refractivity contribution in [2.24, 2.45) is 0 Å². The van der Waals surface area contributed by atoms with E-state index in [1.165, 1.54) is 11.3 Å². The normalized spacial score (nSPS) is 11.0. The molecule has 2 heterocycles. The third-order valence-corrected chi connectivity index (χ3v) is 3.57. The minimum atomic E-state index is 0.715. The second-order valence-electron chi connectivity index (χ2n) is 5.25. The summed E-state index contributed by atoms with van der Waals surface area (Å²) < 4.78 is 7.08. The first kappa shape index (κ1) is 15.7. The summed E-state index contributed by atoms with van der Waals surface area (Å²) in [5.74, 6) is 0. The molecule has 0 saturated carbocycles. The van der Waals surface area contributed by atoms with Gasteiger partial charge in [0, 0.05) is 37.2 Å². The molecule has 0 aliphatic rings. The van der Waals surface area contributed by atoms with E-state index in [-0.39, 0.29) is 0 Å². The minimum absolute atomic E-state index is 0.715. The topological polar surface area (TPSA) is 52.0 Å². The number of pyridine rings is 1. The Morgan fingerprint density at radius 1 is 1.24 bits per heavy atom. The predicted octanol–water partition coefficient (Wildman–Crippen LogP) is 1.99. The molecular weight excluding hydrogens is 264 g/mol. The maximum absolute atomic E-state index is 5.04. The Morgan fingerprint density at radius 3 is 2.76 bits per heavy atom. The highest BCUT2D eigenvalue weighted by Crippen LogP contribution is 2.14. The van der Waals surface area contributed by atoms with Gasteiger partial charge in [-0.3, -0.25) is 9.67 Å². The van der Waals surface area contributed by atoms with Gasteiger partial charge in [0.2, 0.25) is 0 Å². The van der Waals surface area contributed by atoms with Gasteiger partial charge >= 0.3 is 0 Å². The SMILES string of the molecule is COCCNCc1c(C)nn(Cc2cccc(C)n2)c1C. The lowest BCUT2D eigenvalue weighted by Gasteiger charge is -2.07. The van der Waals surface area contributed by atoms with Crippen LogP contribution in [0.4, 0.5) is 0 Å². The van der Waals surface area contributed by atoms with Crippen LogP contribution in [0.25, 0.3) is 0 Å². The third kappa shape index (κ3) is 4.12. The van der Waals surface area contributed by atoms with E-state index in [4.69, 9.17) is 4.74 Å². The van der Waals surface area contributed by atoms with Crippen LogP contribution in [0.2, 0.25) is 0 Å². The van der Waals surface area contributed by atoms with Gasteiger partial charge in [0.25, 0.3) is 0 Å². The average molecular weight is 288 g/mol. The number of ether oxygens (including phenoxy) is 1. The van der Waals surface area contributed by atoms with Crippen molar-refractivity contribution in [3.8, 4) is 0 Å². The van der Waals surface area contributed by atoms with Crippen LogP contribution < -0.4 is 5.32 Å². The molecule has 0 unspecified atom stereocenters. The second-order valence-corrected chi connectivity index (χ2v) is 5.25. The Labute approximate surface area is 126 Å². The molecule has 0 bridgehead atoms. The zero-order valence-corrected chi connectivity index (χ0v) is 13.3. The van der Waals surface area contributed by atoms with Crippen molar-refractivity contribution in [3.05, 3.63) is 46.5 Å². The molecule has 2 rings (SSSR count). The van der Waals surface area contributed by atoms with E-state index in [1.807, 2.05) is 29.8 Å². The molecule has 21 heavy (non-hydrogen) atoms. The van der Waals surface area contributed by atoms with E-state index in [0.717, 1.165) is 36.8 Å². The van der Waals surface area contributed by atoms with Crippen LogP contribution in [0.5, 0.6) is 0 Å². The smallest absolute Gasteiger partial charge is 0.0834 e. The van der Waals surface area contributed by atoms with Gasteiger partial charge in [0.15, 0.2) is 0 Å². The molecule has 0 radical (unpaired) electrons. The van der Waals surface area contributed by atoms with Gasteiger partial charge in [-0.05, 0) is 32.9 Å². The fourth-order valence-electron chi connectivity index (χ4n) is 2.37. The minimum Gasteiger partial charge on any atom is -0.383 e. The molecule has 0 fully saturated rings. The molecule has 0 atom stereocenters. The molecule has 2 aromatic rings. The summed E-state index contributed by atoms with van der Waals surface area (Å²) in [6.07, 6.45) is 0. The molecule has 114 valence electrons. The van der Waals surface area contributed by atoms with Crippen molar-refractivity contribution in [3.63, 3.8) is 0 Å². The number of nitrogens with one attached hydrogen (secondary N) is 1. The van der Waals surface area contributed by atoms with E-state index in [9.17, 15) is 0 Å². The Morgan fingerprint density at radius 2 is 2.05 bits per heavy atom. The first-order valence-corrected chi connectivity index (χ1v) is 7.27. The van der Waals surface area contributed by atoms with Crippen molar-refractivity contribution in [1.82, 2.24) is 20.1 Å². The molecule has 5 nitrogen and oxygen atoms in total. The lowest BCUT2D eigenvalue weighted by Crippen LogP contribution is -2.19.